The van der Waals surface area contributed by atoms with Crippen molar-refractivity contribution in [3.05, 3.63) is 35.9 Å². The number of ether oxygens (including phenoxy) is 1. The van der Waals surface area contributed by atoms with Crippen LogP contribution in [0.1, 0.15) is 18.1 Å². The molecule has 1 amide bonds. The zero-order chi connectivity index (χ0) is 10.7. The van der Waals surface area contributed by atoms with Crippen LogP contribution in [-0.2, 0) is 9.53 Å². The van der Waals surface area contributed by atoms with Crippen molar-refractivity contribution in [2.24, 2.45) is 0 Å². The van der Waals surface area contributed by atoms with E-state index in [-0.39, 0.29) is 5.91 Å². The third-order valence-corrected chi connectivity index (χ3v) is 2.73. The Hall–Kier alpha value is -1.35. The first kappa shape index (κ1) is 10.2. The van der Waals surface area contributed by atoms with Gasteiger partial charge in [0, 0.05) is 20.2 Å². The molecular formula is C12H15NO2. The fourth-order valence-electron chi connectivity index (χ4n) is 1.71. The van der Waals surface area contributed by atoms with E-state index in [4.69, 9.17) is 4.74 Å². The summed E-state index contributed by atoms with van der Waals surface area (Å²) < 4.78 is 5.26. The molecule has 0 aromatic heterocycles. The van der Waals surface area contributed by atoms with Gasteiger partial charge in [0.2, 0.25) is 0 Å². The molecule has 1 aliphatic rings. The van der Waals surface area contributed by atoms with Crippen molar-refractivity contribution in [2.45, 2.75) is 12.5 Å². The normalized spacial score (nSPS) is 17.0. The third-order valence-electron chi connectivity index (χ3n) is 2.73. The minimum Gasteiger partial charge on any atom is -0.367 e. The fourth-order valence-corrected chi connectivity index (χ4v) is 1.71. The highest BCUT2D eigenvalue weighted by molar-refractivity contribution is 5.82. The number of carbonyl (C=O) groups is 1. The standard InChI is InChI=1S/C12H15NO2/c1-15-11(10-6-3-2-4-7-10)12(14)13-8-5-9-13/h2-4,6-7,11H,5,8-9H2,1H3. The SMILES string of the molecule is COC(C(=O)N1CCC1)c1ccccc1. The van der Waals surface area contributed by atoms with Crippen LogP contribution in [0.4, 0.5) is 0 Å². The van der Waals surface area contributed by atoms with Crippen LogP contribution in [0.3, 0.4) is 0 Å². The first-order valence-electron chi connectivity index (χ1n) is 5.19. The minimum absolute atomic E-state index is 0.0787. The Morgan fingerprint density at radius 2 is 2.00 bits per heavy atom. The van der Waals surface area contributed by atoms with Crippen LogP contribution < -0.4 is 0 Å². The smallest absolute Gasteiger partial charge is 0.256 e. The number of hydrogen-bond donors (Lipinski definition) is 0. The van der Waals surface area contributed by atoms with E-state index in [0.29, 0.717) is 0 Å². The topological polar surface area (TPSA) is 29.5 Å². The van der Waals surface area contributed by atoms with Crippen LogP contribution in [0.5, 0.6) is 0 Å². The van der Waals surface area contributed by atoms with E-state index in [1.54, 1.807) is 7.11 Å². The summed E-state index contributed by atoms with van der Waals surface area (Å²) in [6.45, 7) is 1.73. The minimum atomic E-state index is -0.438. The Balaban J connectivity index is 2.13. The summed E-state index contributed by atoms with van der Waals surface area (Å²) in [6, 6.07) is 9.62. The van der Waals surface area contributed by atoms with Gasteiger partial charge in [-0.1, -0.05) is 30.3 Å². The molecule has 0 saturated carbocycles. The van der Waals surface area contributed by atoms with E-state index in [0.717, 1.165) is 25.1 Å². The maximum absolute atomic E-state index is 12.0. The van der Waals surface area contributed by atoms with Crippen molar-refractivity contribution in [3.63, 3.8) is 0 Å². The summed E-state index contributed by atoms with van der Waals surface area (Å²) in [5.41, 5.74) is 0.928. The molecule has 80 valence electrons. The lowest BCUT2D eigenvalue weighted by atomic mass is 10.1. The fraction of sp³-hybridized carbons (Fsp3) is 0.417. The first-order valence-corrected chi connectivity index (χ1v) is 5.19. The zero-order valence-electron chi connectivity index (χ0n) is 8.85. The van der Waals surface area contributed by atoms with Gasteiger partial charge in [-0.3, -0.25) is 4.79 Å². The molecule has 1 atom stereocenters. The summed E-state index contributed by atoms with van der Waals surface area (Å²) in [5, 5.41) is 0. The predicted molar refractivity (Wildman–Crippen MR) is 57.4 cm³/mol. The number of rotatable bonds is 3. The van der Waals surface area contributed by atoms with Gasteiger partial charge in [-0.2, -0.15) is 0 Å². The monoisotopic (exact) mass is 205 g/mol. The van der Waals surface area contributed by atoms with Crippen molar-refractivity contribution in [2.75, 3.05) is 20.2 Å². The van der Waals surface area contributed by atoms with Crippen LogP contribution >= 0.6 is 0 Å². The summed E-state index contributed by atoms with van der Waals surface area (Å²) >= 11 is 0. The zero-order valence-corrected chi connectivity index (χ0v) is 8.85. The molecule has 1 heterocycles. The van der Waals surface area contributed by atoms with E-state index >= 15 is 0 Å². The lowest BCUT2D eigenvalue weighted by molar-refractivity contribution is -0.146. The van der Waals surface area contributed by atoms with Gasteiger partial charge >= 0.3 is 0 Å². The summed E-state index contributed by atoms with van der Waals surface area (Å²) in [4.78, 5) is 13.8. The Morgan fingerprint density at radius 1 is 1.33 bits per heavy atom. The lowest BCUT2D eigenvalue weighted by Gasteiger charge is -2.33. The van der Waals surface area contributed by atoms with Gasteiger partial charge in [0.05, 0.1) is 0 Å². The van der Waals surface area contributed by atoms with E-state index in [1.165, 1.54) is 0 Å². The van der Waals surface area contributed by atoms with Gasteiger partial charge in [0.15, 0.2) is 6.10 Å². The highest BCUT2D eigenvalue weighted by Gasteiger charge is 2.28. The maximum atomic E-state index is 12.0. The number of methoxy groups -OCH3 is 1. The lowest BCUT2D eigenvalue weighted by Crippen LogP contribution is -2.44. The molecule has 1 fully saturated rings. The van der Waals surface area contributed by atoms with E-state index < -0.39 is 6.10 Å². The van der Waals surface area contributed by atoms with Gasteiger partial charge in [0.25, 0.3) is 5.91 Å². The number of hydrogen-bond acceptors (Lipinski definition) is 2. The van der Waals surface area contributed by atoms with Crippen molar-refractivity contribution in [3.8, 4) is 0 Å². The molecule has 1 aliphatic heterocycles. The second-order valence-electron chi connectivity index (χ2n) is 3.71. The molecule has 1 aromatic carbocycles. The second-order valence-corrected chi connectivity index (χ2v) is 3.71. The highest BCUT2D eigenvalue weighted by Crippen LogP contribution is 2.21. The van der Waals surface area contributed by atoms with Crippen molar-refractivity contribution in [1.82, 2.24) is 4.90 Å². The quantitative estimate of drug-likeness (QED) is 0.750. The molecule has 2 rings (SSSR count). The molecule has 15 heavy (non-hydrogen) atoms. The van der Waals surface area contributed by atoms with Crippen LogP contribution in [0.15, 0.2) is 30.3 Å². The highest BCUT2D eigenvalue weighted by atomic mass is 16.5. The molecule has 0 spiro atoms. The van der Waals surface area contributed by atoms with E-state index in [9.17, 15) is 4.79 Å². The predicted octanol–water partition coefficient (Wildman–Crippen LogP) is 1.61. The molecule has 0 aliphatic carbocycles. The van der Waals surface area contributed by atoms with E-state index in [1.807, 2.05) is 35.2 Å². The molecule has 3 nitrogen and oxygen atoms in total. The van der Waals surface area contributed by atoms with Gasteiger partial charge < -0.3 is 9.64 Å². The largest absolute Gasteiger partial charge is 0.367 e. The van der Waals surface area contributed by atoms with Crippen LogP contribution in [-0.4, -0.2) is 31.0 Å². The van der Waals surface area contributed by atoms with E-state index in [2.05, 4.69) is 0 Å². The van der Waals surface area contributed by atoms with Gasteiger partial charge in [-0.15, -0.1) is 0 Å². The number of likely N-dealkylation sites (tertiary alicyclic amines) is 1. The Morgan fingerprint density at radius 3 is 2.47 bits per heavy atom. The maximum Gasteiger partial charge on any atom is 0.256 e. The van der Waals surface area contributed by atoms with Crippen molar-refractivity contribution >= 4 is 5.91 Å². The average molecular weight is 205 g/mol. The van der Waals surface area contributed by atoms with Crippen molar-refractivity contribution < 1.29 is 9.53 Å². The van der Waals surface area contributed by atoms with Gasteiger partial charge in [0.1, 0.15) is 0 Å². The molecule has 0 N–H and O–H groups in total. The van der Waals surface area contributed by atoms with Crippen molar-refractivity contribution in [1.29, 1.82) is 0 Å². The molecule has 1 unspecified atom stereocenters. The molecule has 1 aromatic rings. The Bertz CT molecular complexity index is 333. The number of amides is 1. The van der Waals surface area contributed by atoms with Crippen LogP contribution in [0.25, 0.3) is 0 Å². The molecule has 0 bridgehead atoms. The summed E-state index contributed by atoms with van der Waals surface area (Å²) in [5.74, 6) is 0.0787. The molecule has 0 radical (unpaired) electrons. The average Bonchev–Trinajstić information content (AvgIpc) is 2.18. The molecule has 3 heteroatoms. The molecular weight excluding hydrogens is 190 g/mol. The van der Waals surface area contributed by atoms with Gasteiger partial charge in [-0.25, -0.2) is 0 Å². The Kier molecular flexibility index (Phi) is 3.02. The van der Waals surface area contributed by atoms with Crippen LogP contribution in [0.2, 0.25) is 0 Å². The molecule has 1 saturated heterocycles. The van der Waals surface area contributed by atoms with Gasteiger partial charge in [-0.05, 0) is 12.0 Å². The number of carbonyl (C=O) groups excluding carboxylic acids is 1. The summed E-state index contributed by atoms with van der Waals surface area (Å²) in [7, 11) is 1.58. The van der Waals surface area contributed by atoms with Crippen LogP contribution in [0, 0.1) is 0 Å². The second kappa shape index (κ2) is 4.45. The first-order chi connectivity index (χ1) is 7.33. The third kappa shape index (κ3) is 2.02. The number of nitrogens with zero attached hydrogens (tertiary/aromatic N) is 1. The number of benzene rings is 1. The Labute approximate surface area is 89.7 Å². The summed E-state index contributed by atoms with van der Waals surface area (Å²) in [6.07, 6.45) is 0.670.